The molecule has 2 heterocycles. The van der Waals surface area contributed by atoms with Crippen molar-refractivity contribution in [2.75, 3.05) is 5.32 Å². The first-order valence-electron chi connectivity index (χ1n) is 7.62. The number of aromatic nitrogens is 3. The molecule has 0 amide bonds. The molecule has 1 saturated carbocycles. The van der Waals surface area contributed by atoms with Crippen molar-refractivity contribution in [2.24, 2.45) is 5.73 Å². The van der Waals surface area contributed by atoms with Gasteiger partial charge in [0.15, 0.2) is 5.65 Å². The van der Waals surface area contributed by atoms with Crippen LogP contribution in [0.25, 0.3) is 5.65 Å². The molecule has 5 nitrogen and oxygen atoms in total. The average molecular weight is 273 g/mol. The molecular weight excluding hydrogens is 250 g/mol. The number of nitrogens with zero attached hydrogens (tertiary/aromatic N) is 3. The number of fused-ring (bicyclic) bond motifs is 1. The molecule has 0 bridgehead atoms. The molecule has 0 unspecified atom stereocenters. The van der Waals surface area contributed by atoms with E-state index in [1.807, 2.05) is 10.6 Å². The summed E-state index contributed by atoms with van der Waals surface area (Å²) in [5.41, 5.74) is 8.06. The second-order valence-electron chi connectivity index (χ2n) is 5.75. The zero-order valence-electron chi connectivity index (χ0n) is 12.0. The highest BCUT2D eigenvalue weighted by molar-refractivity contribution is 5.49. The van der Waals surface area contributed by atoms with E-state index in [4.69, 9.17) is 5.73 Å². The topological polar surface area (TPSA) is 68.2 Å². The smallest absolute Gasteiger partial charge is 0.157 e. The lowest BCUT2D eigenvalue weighted by Gasteiger charge is -2.15. The SMILES string of the molecule is CCCCc1cc(N[C@H]2CC[C@H](N)C2)n2nccc2n1. The molecule has 2 aromatic heterocycles. The summed E-state index contributed by atoms with van der Waals surface area (Å²) in [5, 5.41) is 7.96. The van der Waals surface area contributed by atoms with Crippen LogP contribution in [0.3, 0.4) is 0 Å². The van der Waals surface area contributed by atoms with Gasteiger partial charge in [-0.2, -0.15) is 9.61 Å². The molecule has 2 atom stereocenters. The largest absolute Gasteiger partial charge is 0.367 e. The molecule has 0 aromatic carbocycles. The molecule has 5 heteroatoms. The second kappa shape index (κ2) is 5.79. The summed E-state index contributed by atoms with van der Waals surface area (Å²) < 4.78 is 1.89. The molecule has 3 rings (SSSR count). The maximum atomic E-state index is 5.99. The molecule has 3 N–H and O–H groups in total. The summed E-state index contributed by atoms with van der Waals surface area (Å²) in [4.78, 5) is 4.66. The first-order valence-corrected chi connectivity index (χ1v) is 7.62. The quantitative estimate of drug-likeness (QED) is 0.877. The van der Waals surface area contributed by atoms with E-state index in [0.29, 0.717) is 12.1 Å². The summed E-state index contributed by atoms with van der Waals surface area (Å²) in [6, 6.07) is 4.89. The van der Waals surface area contributed by atoms with Crippen molar-refractivity contribution in [1.82, 2.24) is 14.6 Å². The minimum atomic E-state index is 0.335. The number of hydrogen-bond acceptors (Lipinski definition) is 4. The summed E-state index contributed by atoms with van der Waals surface area (Å²) in [6.45, 7) is 2.20. The van der Waals surface area contributed by atoms with Crippen LogP contribution >= 0.6 is 0 Å². The van der Waals surface area contributed by atoms with Crippen LogP contribution in [0.5, 0.6) is 0 Å². The van der Waals surface area contributed by atoms with E-state index >= 15 is 0 Å². The van der Waals surface area contributed by atoms with Gasteiger partial charge in [-0.15, -0.1) is 0 Å². The lowest BCUT2D eigenvalue weighted by atomic mass is 10.2. The standard InChI is InChI=1S/C15H23N5/c1-2-3-4-12-10-15(19-13-6-5-11(16)9-13)20-14(18-12)7-8-17-20/h7-8,10-11,13,19H,2-6,9,16H2,1H3/t11-,13-/m0/s1. The van der Waals surface area contributed by atoms with Crippen molar-refractivity contribution in [1.29, 1.82) is 0 Å². The van der Waals surface area contributed by atoms with Crippen molar-refractivity contribution in [3.8, 4) is 0 Å². The predicted octanol–water partition coefficient (Wildman–Crippen LogP) is 2.36. The average Bonchev–Trinajstić information content (AvgIpc) is 3.05. The molecule has 1 aliphatic carbocycles. The lowest BCUT2D eigenvalue weighted by Crippen LogP contribution is -2.22. The Morgan fingerprint density at radius 2 is 2.35 bits per heavy atom. The Labute approximate surface area is 119 Å². The number of hydrogen-bond donors (Lipinski definition) is 2. The molecule has 108 valence electrons. The third kappa shape index (κ3) is 2.77. The number of unbranched alkanes of at least 4 members (excludes halogenated alkanes) is 1. The van der Waals surface area contributed by atoms with E-state index in [-0.39, 0.29) is 0 Å². The zero-order chi connectivity index (χ0) is 13.9. The number of anilines is 1. The van der Waals surface area contributed by atoms with Crippen LogP contribution in [0, 0.1) is 0 Å². The number of rotatable bonds is 5. The van der Waals surface area contributed by atoms with Crippen molar-refractivity contribution >= 4 is 11.5 Å². The summed E-state index contributed by atoms with van der Waals surface area (Å²) in [5.74, 6) is 1.05. The van der Waals surface area contributed by atoms with Crippen LogP contribution < -0.4 is 11.1 Å². The highest BCUT2D eigenvalue weighted by atomic mass is 15.3. The van der Waals surface area contributed by atoms with E-state index in [0.717, 1.165) is 42.8 Å². The minimum Gasteiger partial charge on any atom is -0.367 e. The van der Waals surface area contributed by atoms with Gasteiger partial charge >= 0.3 is 0 Å². The third-order valence-electron chi connectivity index (χ3n) is 4.02. The van der Waals surface area contributed by atoms with Crippen LogP contribution in [0.2, 0.25) is 0 Å². The van der Waals surface area contributed by atoms with Gasteiger partial charge in [0.25, 0.3) is 0 Å². The number of nitrogens with two attached hydrogens (primary N) is 1. The Bertz CT molecular complexity index is 577. The Kier molecular flexibility index (Phi) is 3.87. The molecule has 0 radical (unpaired) electrons. The van der Waals surface area contributed by atoms with Crippen LogP contribution in [0.4, 0.5) is 5.82 Å². The van der Waals surface area contributed by atoms with Crippen LogP contribution in [0.15, 0.2) is 18.3 Å². The van der Waals surface area contributed by atoms with Crippen LogP contribution in [-0.2, 0) is 6.42 Å². The third-order valence-corrected chi connectivity index (χ3v) is 4.02. The predicted molar refractivity (Wildman–Crippen MR) is 80.8 cm³/mol. The first kappa shape index (κ1) is 13.4. The molecule has 1 aliphatic rings. The van der Waals surface area contributed by atoms with Gasteiger partial charge in [0.05, 0.1) is 6.20 Å². The van der Waals surface area contributed by atoms with Gasteiger partial charge in [0, 0.05) is 29.9 Å². The fourth-order valence-electron chi connectivity index (χ4n) is 2.91. The van der Waals surface area contributed by atoms with Crippen molar-refractivity contribution in [2.45, 2.75) is 57.5 Å². The van der Waals surface area contributed by atoms with E-state index in [1.165, 1.54) is 12.8 Å². The maximum absolute atomic E-state index is 5.99. The second-order valence-corrected chi connectivity index (χ2v) is 5.75. The Balaban J connectivity index is 1.85. The lowest BCUT2D eigenvalue weighted by molar-refractivity contribution is 0.683. The summed E-state index contributed by atoms with van der Waals surface area (Å²) >= 11 is 0. The van der Waals surface area contributed by atoms with Gasteiger partial charge in [0.2, 0.25) is 0 Å². The zero-order valence-corrected chi connectivity index (χ0v) is 12.0. The van der Waals surface area contributed by atoms with Gasteiger partial charge < -0.3 is 11.1 Å². The molecule has 2 aromatic rings. The fourth-order valence-corrected chi connectivity index (χ4v) is 2.91. The van der Waals surface area contributed by atoms with Gasteiger partial charge in [-0.3, -0.25) is 0 Å². The molecular formula is C15H23N5. The van der Waals surface area contributed by atoms with Crippen LogP contribution in [-0.4, -0.2) is 26.7 Å². The molecule has 0 aliphatic heterocycles. The summed E-state index contributed by atoms with van der Waals surface area (Å²) in [7, 11) is 0. The highest BCUT2D eigenvalue weighted by Crippen LogP contribution is 2.22. The maximum Gasteiger partial charge on any atom is 0.157 e. The van der Waals surface area contributed by atoms with E-state index in [2.05, 4.69) is 28.4 Å². The summed E-state index contributed by atoms with van der Waals surface area (Å²) in [6.07, 6.45) is 8.46. The molecule has 0 spiro atoms. The molecule has 20 heavy (non-hydrogen) atoms. The van der Waals surface area contributed by atoms with Crippen LogP contribution in [0.1, 0.15) is 44.7 Å². The van der Waals surface area contributed by atoms with E-state index in [9.17, 15) is 0 Å². The van der Waals surface area contributed by atoms with Gasteiger partial charge in [-0.1, -0.05) is 13.3 Å². The number of aryl methyl sites for hydroxylation is 1. The Morgan fingerprint density at radius 3 is 3.10 bits per heavy atom. The van der Waals surface area contributed by atoms with E-state index < -0.39 is 0 Å². The van der Waals surface area contributed by atoms with Crippen molar-refractivity contribution in [3.05, 3.63) is 24.0 Å². The molecule has 0 saturated heterocycles. The normalized spacial score (nSPS) is 22.5. The van der Waals surface area contributed by atoms with Gasteiger partial charge in [-0.05, 0) is 32.1 Å². The van der Waals surface area contributed by atoms with Gasteiger partial charge in [0.1, 0.15) is 5.82 Å². The number of nitrogens with one attached hydrogen (secondary N) is 1. The Hall–Kier alpha value is -1.62. The van der Waals surface area contributed by atoms with E-state index in [1.54, 1.807) is 6.20 Å². The minimum absolute atomic E-state index is 0.335. The van der Waals surface area contributed by atoms with Crippen molar-refractivity contribution in [3.63, 3.8) is 0 Å². The first-order chi connectivity index (χ1) is 9.76. The molecule has 1 fully saturated rings. The van der Waals surface area contributed by atoms with Gasteiger partial charge in [-0.25, -0.2) is 4.98 Å². The monoisotopic (exact) mass is 273 g/mol. The fraction of sp³-hybridized carbons (Fsp3) is 0.600. The van der Waals surface area contributed by atoms with Crippen molar-refractivity contribution < 1.29 is 0 Å². The highest BCUT2D eigenvalue weighted by Gasteiger charge is 2.22. The Morgan fingerprint density at radius 1 is 1.45 bits per heavy atom.